The summed E-state index contributed by atoms with van der Waals surface area (Å²) in [6.45, 7) is 8.62. The van der Waals surface area contributed by atoms with Crippen LogP contribution in [0.5, 0.6) is 0 Å². The second-order valence-electron chi connectivity index (χ2n) is 6.22. The first-order chi connectivity index (χ1) is 8.15. The van der Waals surface area contributed by atoms with Crippen molar-refractivity contribution in [2.45, 2.75) is 51.7 Å². The summed E-state index contributed by atoms with van der Waals surface area (Å²) in [4.78, 5) is 2.43. The quantitative estimate of drug-likeness (QED) is 0.738. The number of hydrogen-bond acceptors (Lipinski definition) is 3. The number of hydrogen-bond donors (Lipinski definition) is 2. The normalized spacial score (nSPS) is 25.4. The van der Waals surface area contributed by atoms with Crippen LogP contribution >= 0.6 is 0 Å². The summed E-state index contributed by atoms with van der Waals surface area (Å²) in [5.41, 5.74) is 0. The van der Waals surface area contributed by atoms with Crippen LogP contribution < -0.4 is 5.32 Å². The van der Waals surface area contributed by atoms with Crippen molar-refractivity contribution in [3.63, 3.8) is 0 Å². The molecule has 2 fully saturated rings. The number of β-amino-alcohol motifs (C(OH)–C–C–N with tert-alkyl or cyclic N) is 1. The van der Waals surface area contributed by atoms with Gasteiger partial charge in [-0.3, -0.25) is 0 Å². The zero-order valence-corrected chi connectivity index (χ0v) is 11.4. The lowest BCUT2D eigenvalue weighted by Gasteiger charge is -2.34. The molecule has 0 radical (unpaired) electrons. The molecular weight excluding hydrogens is 212 g/mol. The Morgan fingerprint density at radius 2 is 1.82 bits per heavy atom. The largest absolute Gasteiger partial charge is 0.390 e. The summed E-state index contributed by atoms with van der Waals surface area (Å²) in [5, 5.41) is 13.3. The minimum atomic E-state index is -0.189. The van der Waals surface area contributed by atoms with Crippen LogP contribution in [-0.4, -0.2) is 48.3 Å². The third-order valence-corrected chi connectivity index (χ3v) is 4.26. The molecule has 3 heteroatoms. The second kappa shape index (κ2) is 6.17. The van der Waals surface area contributed by atoms with E-state index in [1.165, 1.54) is 38.8 Å². The summed E-state index contributed by atoms with van der Waals surface area (Å²) < 4.78 is 0. The maximum atomic E-state index is 9.95. The van der Waals surface area contributed by atoms with Crippen LogP contribution in [0.2, 0.25) is 0 Å². The molecule has 17 heavy (non-hydrogen) atoms. The van der Waals surface area contributed by atoms with E-state index in [0.29, 0.717) is 6.04 Å². The number of nitrogens with zero attached hydrogens (tertiary/aromatic N) is 1. The Kier molecular flexibility index (Phi) is 4.83. The van der Waals surface area contributed by atoms with Crippen molar-refractivity contribution in [1.82, 2.24) is 10.2 Å². The summed E-state index contributed by atoms with van der Waals surface area (Å²) in [7, 11) is 0. The molecule has 2 N–H and O–H groups in total. The molecule has 1 unspecified atom stereocenters. The lowest BCUT2D eigenvalue weighted by atomic mass is 9.86. The standard InChI is InChI=1S/C14H28N2O/c1-11(2)12-5-7-16(8-6-12)10-14(17)9-15-13-3-4-13/h11-15,17H,3-10H2,1-2H3. The maximum Gasteiger partial charge on any atom is 0.0791 e. The number of nitrogens with one attached hydrogen (secondary N) is 1. The minimum absolute atomic E-state index is 0.189. The molecule has 0 aromatic heterocycles. The first-order valence-corrected chi connectivity index (χ1v) is 7.29. The first-order valence-electron chi connectivity index (χ1n) is 7.29. The smallest absolute Gasteiger partial charge is 0.0791 e. The fraction of sp³-hybridized carbons (Fsp3) is 1.00. The second-order valence-corrected chi connectivity index (χ2v) is 6.22. The van der Waals surface area contributed by atoms with Gasteiger partial charge in [0.15, 0.2) is 0 Å². The van der Waals surface area contributed by atoms with E-state index in [1.54, 1.807) is 0 Å². The highest BCUT2D eigenvalue weighted by Crippen LogP contribution is 2.24. The zero-order chi connectivity index (χ0) is 12.3. The van der Waals surface area contributed by atoms with Gasteiger partial charge in [0.1, 0.15) is 0 Å². The van der Waals surface area contributed by atoms with Gasteiger partial charge in [-0.15, -0.1) is 0 Å². The Labute approximate surface area is 106 Å². The van der Waals surface area contributed by atoms with Crippen LogP contribution in [0, 0.1) is 11.8 Å². The summed E-state index contributed by atoms with van der Waals surface area (Å²) in [5.74, 6) is 1.71. The van der Waals surface area contributed by atoms with Crippen LogP contribution in [0.3, 0.4) is 0 Å². The Bertz CT molecular complexity index is 220. The van der Waals surface area contributed by atoms with Crippen molar-refractivity contribution in [2.75, 3.05) is 26.2 Å². The molecule has 0 amide bonds. The monoisotopic (exact) mass is 240 g/mol. The van der Waals surface area contributed by atoms with Gasteiger partial charge >= 0.3 is 0 Å². The molecule has 0 aromatic rings. The molecule has 1 saturated carbocycles. The van der Waals surface area contributed by atoms with E-state index < -0.39 is 0 Å². The van der Waals surface area contributed by atoms with Gasteiger partial charge in [-0.1, -0.05) is 13.8 Å². The predicted octanol–water partition coefficient (Wildman–Crippen LogP) is 1.47. The maximum absolute atomic E-state index is 9.95. The number of likely N-dealkylation sites (tertiary alicyclic amines) is 1. The van der Waals surface area contributed by atoms with Crippen LogP contribution in [-0.2, 0) is 0 Å². The fourth-order valence-corrected chi connectivity index (χ4v) is 2.75. The topological polar surface area (TPSA) is 35.5 Å². The van der Waals surface area contributed by atoms with Gasteiger partial charge in [0.05, 0.1) is 6.10 Å². The van der Waals surface area contributed by atoms with Crippen LogP contribution in [0.15, 0.2) is 0 Å². The molecule has 1 saturated heterocycles. The number of rotatable bonds is 6. The van der Waals surface area contributed by atoms with Crippen molar-refractivity contribution in [3.8, 4) is 0 Å². The van der Waals surface area contributed by atoms with Gasteiger partial charge in [-0.25, -0.2) is 0 Å². The molecule has 1 aliphatic heterocycles. The van der Waals surface area contributed by atoms with Gasteiger partial charge < -0.3 is 15.3 Å². The molecule has 0 bridgehead atoms. The molecule has 2 rings (SSSR count). The van der Waals surface area contributed by atoms with Gasteiger partial charge in [0, 0.05) is 19.1 Å². The minimum Gasteiger partial charge on any atom is -0.390 e. The molecular formula is C14H28N2O. The van der Waals surface area contributed by atoms with Crippen molar-refractivity contribution >= 4 is 0 Å². The molecule has 3 nitrogen and oxygen atoms in total. The first kappa shape index (κ1) is 13.3. The average Bonchev–Trinajstić information content (AvgIpc) is 3.11. The molecule has 2 aliphatic rings. The van der Waals surface area contributed by atoms with E-state index in [2.05, 4.69) is 24.1 Å². The highest BCUT2D eigenvalue weighted by Gasteiger charge is 2.24. The van der Waals surface area contributed by atoms with Crippen molar-refractivity contribution < 1.29 is 5.11 Å². The van der Waals surface area contributed by atoms with Crippen LogP contribution in [0.25, 0.3) is 0 Å². The van der Waals surface area contributed by atoms with Crippen molar-refractivity contribution in [3.05, 3.63) is 0 Å². The summed E-state index contributed by atoms with van der Waals surface area (Å²) in [6, 6.07) is 0.705. The molecule has 1 atom stereocenters. The lowest BCUT2D eigenvalue weighted by Crippen LogP contribution is -2.43. The molecule has 1 aliphatic carbocycles. The summed E-state index contributed by atoms with van der Waals surface area (Å²) >= 11 is 0. The fourth-order valence-electron chi connectivity index (χ4n) is 2.75. The number of piperidine rings is 1. The third kappa shape index (κ3) is 4.57. The highest BCUT2D eigenvalue weighted by molar-refractivity contribution is 4.83. The Morgan fingerprint density at radius 1 is 1.18 bits per heavy atom. The molecule has 0 spiro atoms. The number of aliphatic hydroxyl groups excluding tert-OH is 1. The zero-order valence-electron chi connectivity index (χ0n) is 11.4. The van der Waals surface area contributed by atoms with E-state index in [9.17, 15) is 5.11 Å². The van der Waals surface area contributed by atoms with E-state index in [0.717, 1.165) is 24.9 Å². The van der Waals surface area contributed by atoms with E-state index in [4.69, 9.17) is 0 Å². The van der Waals surface area contributed by atoms with Gasteiger partial charge in [0.25, 0.3) is 0 Å². The molecule has 1 heterocycles. The average molecular weight is 240 g/mol. The third-order valence-electron chi connectivity index (χ3n) is 4.26. The van der Waals surface area contributed by atoms with Crippen molar-refractivity contribution in [1.29, 1.82) is 0 Å². The molecule has 0 aromatic carbocycles. The highest BCUT2D eigenvalue weighted by atomic mass is 16.3. The number of aliphatic hydroxyl groups is 1. The Balaban J connectivity index is 1.59. The molecule has 100 valence electrons. The Morgan fingerprint density at radius 3 is 2.35 bits per heavy atom. The van der Waals surface area contributed by atoms with Gasteiger partial charge in [-0.2, -0.15) is 0 Å². The SMILES string of the molecule is CC(C)C1CCN(CC(O)CNC2CC2)CC1. The van der Waals surface area contributed by atoms with Crippen molar-refractivity contribution in [2.24, 2.45) is 11.8 Å². The van der Waals surface area contributed by atoms with Crippen LogP contribution in [0.1, 0.15) is 39.5 Å². The van der Waals surface area contributed by atoms with E-state index in [1.807, 2.05) is 0 Å². The van der Waals surface area contributed by atoms with Gasteiger partial charge in [0.2, 0.25) is 0 Å². The van der Waals surface area contributed by atoms with Gasteiger partial charge in [-0.05, 0) is 50.6 Å². The van der Waals surface area contributed by atoms with E-state index in [-0.39, 0.29) is 6.10 Å². The van der Waals surface area contributed by atoms with E-state index >= 15 is 0 Å². The Hall–Kier alpha value is -0.120. The predicted molar refractivity (Wildman–Crippen MR) is 71.0 cm³/mol. The van der Waals surface area contributed by atoms with Crippen LogP contribution in [0.4, 0.5) is 0 Å². The summed E-state index contributed by atoms with van der Waals surface area (Å²) in [6.07, 6.45) is 5.02. The lowest BCUT2D eigenvalue weighted by molar-refractivity contribution is 0.0813.